The summed E-state index contributed by atoms with van der Waals surface area (Å²) >= 11 is 11.6. The van der Waals surface area contributed by atoms with Crippen LogP contribution in [0.1, 0.15) is 11.1 Å². The van der Waals surface area contributed by atoms with E-state index in [1.807, 2.05) is 0 Å². The van der Waals surface area contributed by atoms with Gasteiger partial charge >= 0.3 is 6.18 Å². The highest BCUT2D eigenvalue weighted by molar-refractivity contribution is 6.42. The van der Waals surface area contributed by atoms with Crippen molar-refractivity contribution < 1.29 is 13.2 Å². The van der Waals surface area contributed by atoms with E-state index >= 15 is 0 Å². The molecule has 5 heteroatoms. The molecule has 100 valence electrons. The molecule has 0 nitrogen and oxygen atoms in total. The molecule has 0 heterocycles. The van der Waals surface area contributed by atoms with E-state index in [1.54, 1.807) is 6.92 Å². The van der Waals surface area contributed by atoms with Crippen LogP contribution in [0, 0.1) is 6.92 Å². The van der Waals surface area contributed by atoms with Crippen LogP contribution in [0.4, 0.5) is 13.2 Å². The van der Waals surface area contributed by atoms with Crippen molar-refractivity contribution in [2.24, 2.45) is 0 Å². The van der Waals surface area contributed by atoms with Gasteiger partial charge in [0.05, 0.1) is 15.6 Å². The first-order chi connectivity index (χ1) is 8.79. The first-order valence-electron chi connectivity index (χ1n) is 5.42. The molecule has 0 aliphatic carbocycles. The third kappa shape index (κ3) is 3.04. The second kappa shape index (κ2) is 5.06. The molecule has 0 bridgehead atoms. The Balaban J connectivity index is 2.66. The Morgan fingerprint density at radius 1 is 0.895 bits per heavy atom. The van der Waals surface area contributed by atoms with Crippen molar-refractivity contribution in [2.45, 2.75) is 13.1 Å². The molecule has 0 radical (unpaired) electrons. The van der Waals surface area contributed by atoms with Crippen molar-refractivity contribution in [1.29, 1.82) is 0 Å². The molecule has 2 aromatic rings. The second-order valence-electron chi connectivity index (χ2n) is 4.18. The summed E-state index contributed by atoms with van der Waals surface area (Å²) in [5, 5.41) is 0.542. The van der Waals surface area contributed by atoms with Gasteiger partial charge in [-0.2, -0.15) is 13.2 Å². The molecular weight excluding hydrogens is 296 g/mol. The Labute approximate surface area is 118 Å². The maximum absolute atomic E-state index is 13.0. The van der Waals surface area contributed by atoms with Gasteiger partial charge in [-0.3, -0.25) is 0 Å². The first-order valence-corrected chi connectivity index (χ1v) is 6.18. The molecule has 2 aromatic carbocycles. The zero-order valence-corrected chi connectivity index (χ0v) is 11.4. The van der Waals surface area contributed by atoms with E-state index in [4.69, 9.17) is 23.2 Å². The van der Waals surface area contributed by atoms with Crippen LogP contribution < -0.4 is 0 Å². The summed E-state index contributed by atoms with van der Waals surface area (Å²) in [6, 6.07) is 8.45. The lowest BCUT2D eigenvalue weighted by molar-refractivity contribution is -0.137. The van der Waals surface area contributed by atoms with Crippen LogP contribution in [0.2, 0.25) is 10.0 Å². The average Bonchev–Trinajstić information content (AvgIpc) is 2.31. The van der Waals surface area contributed by atoms with E-state index in [2.05, 4.69) is 0 Å². The van der Waals surface area contributed by atoms with Crippen LogP contribution in [0.3, 0.4) is 0 Å². The Hall–Kier alpha value is -1.19. The summed E-state index contributed by atoms with van der Waals surface area (Å²) in [5.74, 6) is 0. The summed E-state index contributed by atoms with van der Waals surface area (Å²) in [5.41, 5.74) is 0.557. The van der Waals surface area contributed by atoms with Crippen molar-refractivity contribution in [3.63, 3.8) is 0 Å². The fraction of sp³-hybridized carbons (Fsp3) is 0.143. The molecule has 0 amide bonds. The molecule has 0 N–H and O–H groups in total. The molecule has 0 saturated heterocycles. The number of hydrogen-bond acceptors (Lipinski definition) is 0. The molecule has 0 saturated carbocycles. The van der Waals surface area contributed by atoms with Crippen molar-refractivity contribution in [2.75, 3.05) is 0 Å². The van der Waals surface area contributed by atoms with Gasteiger partial charge in [-0.15, -0.1) is 0 Å². The third-order valence-corrected chi connectivity index (χ3v) is 3.45. The van der Waals surface area contributed by atoms with E-state index in [9.17, 15) is 13.2 Å². The van der Waals surface area contributed by atoms with Crippen molar-refractivity contribution in [3.8, 4) is 11.1 Å². The molecular formula is C14H9Cl2F3. The van der Waals surface area contributed by atoms with Gasteiger partial charge < -0.3 is 0 Å². The highest BCUT2D eigenvalue weighted by Gasteiger charge is 2.33. The van der Waals surface area contributed by atoms with Gasteiger partial charge in [-0.25, -0.2) is 0 Å². The second-order valence-corrected chi connectivity index (χ2v) is 4.99. The fourth-order valence-electron chi connectivity index (χ4n) is 1.81. The van der Waals surface area contributed by atoms with E-state index in [0.717, 1.165) is 11.6 Å². The monoisotopic (exact) mass is 304 g/mol. The van der Waals surface area contributed by atoms with Gasteiger partial charge in [0.1, 0.15) is 0 Å². The van der Waals surface area contributed by atoms with Crippen molar-refractivity contribution in [1.82, 2.24) is 0 Å². The fourth-order valence-corrected chi connectivity index (χ4v) is 2.11. The number of halogens is 5. The van der Waals surface area contributed by atoms with E-state index in [0.29, 0.717) is 10.6 Å². The zero-order chi connectivity index (χ0) is 14.2. The lowest BCUT2D eigenvalue weighted by atomic mass is 9.97. The minimum absolute atomic E-state index is 0.103. The SMILES string of the molecule is Cc1ccc(C(F)(F)F)c(-c2ccc(Cl)c(Cl)c2)c1. The van der Waals surface area contributed by atoms with Crippen LogP contribution in [0.5, 0.6) is 0 Å². The van der Waals surface area contributed by atoms with Crippen LogP contribution in [-0.4, -0.2) is 0 Å². The lowest BCUT2D eigenvalue weighted by Crippen LogP contribution is -2.07. The van der Waals surface area contributed by atoms with Gasteiger partial charge in [-0.05, 0) is 36.2 Å². The summed E-state index contributed by atoms with van der Waals surface area (Å²) in [6.45, 7) is 1.74. The van der Waals surface area contributed by atoms with E-state index < -0.39 is 11.7 Å². The number of benzene rings is 2. The number of alkyl halides is 3. The standard InChI is InChI=1S/C14H9Cl2F3/c1-8-2-4-11(14(17,18)19)10(6-8)9-3-5-12(15)13(16)7-9/h2-7H,1H3. The average molecular weight is 305 g/mol. The smallest absolute Gasteiger partial charge is 0.166 e. The molecule has 0 aliphatic rings. The normalized spacial score (nSPS) is 11.7. The topological polar surface area (TPSA) is 0 Å². The van der Waals surface area contributed by atoms with E-state index in [-0.39, 0.29) is 10.6 Å². The van der Waals surface area contributed by atoms with E-state index in [1.165, 1.54) is 30.3 Å². The maximum Gasteiger partial charge on any atom is 0.417 e. The molecule has 0 aromatic heterocycles. The minimum Gasteiger partial charge on any atom is -0.166 e. The molecule has 0 atom stereocenters. The molecule has 0 unspecified atom stereocenters. The Morgan fingerprint density at radius 3 is 2.16 bits per heavy atom. The van der Waals surface area contributed by atoms with Crippen LogP contribution in [0.25, 0.3) is 11.1 Å². The highest BCUT2D eigenvalue weighted by atomic mass is 35.5. The van der Waals surface area contributed by atoms with Crippen molar-refractivity contribution >= 4 is 23.2 Å². The Bertz CT molecular complexity index is 619. The molecule has 0 spiro atoms. The predicted octanol–water partition coefficient (Wildman–Crippen LogP) is 5.99. The maximum atomic E-state index is 13.0. The molecule has 2 rings (SSSR count). The molecule has 0 fully saturated rings. The summed E-state index contributed by atoms with van der Waals surface area (Å²) in [7, 11) is 0. The number of rotatable bonds is 1. The Kier molecular flexibility index (Phi) is 3.79. The van der Waals surface area contributed by atoms with Crippen LogP contribution in [0.15, 0.2) is 36.4 Å². The summed E-state index contributed by atoms with van der Waals surface area (Å²) in [6.07, 6.45) is -4.41. The predicted molar refractivity (Wildman–Crippen MR) is 71.6 cm³/mol. The van der Waals surface area contributed by atoms with Gasteiger partial charge in [0, 0.05) is 0 Å². The van der Waals surface area contributed by atoms with Gasteiger partial charge in [0.25, 0.3) is 0 Å². The lowest BCUT2D eigenvalue weighted by Gasteiger charge is -2.14. The number of aryl methyl sites for hydroxylation is 1. The Morgan fingerprint density at radius 2 is 1.58 bits per heavy atom. The zero-order valence-electron chi connectivity index (χ0n) is 9.85. The van der Waals surface area contributed by atoms with Crippen LogP contribution in [-0.2, 0) is 6.18 Å². The largest absolute Gasteiger partial charge is 0.417 e. The van der Waals surface area contributed by atoms with Gasteiger partial charge in [0.15, 0.2) is 0 Å². The quantitative estimate of drug-likeness (QED) is 0.607. The number of hydrogen-bond donors (Lipinski definition) is 0. The van der Waals surface area contributed by atoms with Gasteiger partial charge in [-0.1, -0.05) is 47.0 Å². The highest BCUT2D eigenvalue weighted by Crippen LogP contribution is 2.39. The first kappa shape index (κ1) is 14.2. The van der Waals surface area contributed by atoms with Crippen LogP contribution >= 0.6 is 23.2 Å². The minimum atomic E-state index is -4.41. The summed E-state index contributed by atoms with van der Waals surface area (Å²) in [4.78, 5) is 0. The summed E-state index contributed by atoms with van der Waals surface area (Å²) < 4.78 is 39.0. The molecule has 19 heavy (non-hydrogen) atoms. The third-order valence-electron chi connectivity index (χ3n) is 2.71. The van der Waals surface area contributed by atoms with Gasteiger partial charge in [0.2, 0.25) is 0 Å². The van der Waals surface area contributed by atoms with Crippen molar-refractivity contribution in [3.05, 3.63) is 57.6 Å². The molecule has 0 aliphatic heterocycles.